The first-order valence-electron chi connectivity index (χ1n) is 7.25. The predicted octanol–water partition coefficient (Wildman–Crippen LogP) is 5.23. The van der Waals surface area contributed by atoms with E-state index in [1.807, 2.05) is 17.5 Å². The molecular weight excluding hydrogens is 280 g/mol. The summed E-state index contributed by atoms with van der Waals surface area (Å²) in [5.41, 5.74) is 3.17. The van der Waals surface area contributed by atoms with Crippen LogP contribution >= 0.6 is 11.3 Å². The number of thiophene rings is 1. The molecule has 1 heterocycles. The van der Waals surface area contributed by atoms with E-state index in [0.717, 1.165) is 11.1 Å². The molecule has 0 N–H and O–H groups in total. The van der Waals surface area contributed by atoms with Gasteiger partial charge in [0.25, 0.3) is 0 Å². The van der Waals surface area contributed by atoms with E-state index in [1.54, 1.807) is 7.11 Å². The first kappa shape index (κ1) is 15.8. The van der Waals surface area contributed by atoms with E-state index in [1.165, 1.54) is 16.9 Å². The molecule has 2 aromatic rings. The first-order chi connectivity index (χ1) is 9.95. The zero-order chi connectivity index (χ0) is 15.6. The average molecular weight is 302 g/mol. The van der Waals surface area contributed by atoms with Crippen LogP contribution in [0.1, 0.15) is 65.9 Å². The van der Waals surface area contributed by atoms with Gasteiger partial charge >= 0.3 is 0 Å². The van der Waals surface area contributed by atoms with Crippen molar-refractivity contribution in [2.24, 2.45) is 0 Å². The second kappa shape index (κ2) is 6.44. The fourth-order valence-corrected chi connectivity index (χ4v) is 3.18. The van der Waals surface area contributed by atoms with Crippen LogP contribution in [0.5, 0.6) is 5.75 Å². The molecule has 0 atom stereocenters. The maximum Gasteiger partial charge on any atom is 0.207 e. The van der Waals surface area contributed by atoms with Crippen molar-refractivity contribution >= 4 is 17.1 Å². The van der Waals surface area contributed by atoms with Gasteiger partial charge in [-0.3, -0.25) is 4.79 Å². The van der Waals surface area contributed by atoms with Gasteiger partial charge in [0, 0.05) is 5.56 Å². The summed E-state index contributed by atoms with van der Waals surface area (Å²) >= 11 is 1.43. The summed E-state index contributed by atoms with van der Waals surface area (Å²) in [6.07, 6.45) is 0. The number of carbonyl (C=O) groups excluding carboxylic acids is 1. The maximum absolute atomic E-state index is 12.8. The number of ether oxygens (including phenoxy) is 1. The minimum Gasteiger partial charge on any atom is -0.495 e. The summed E-state index contributed by atoms with van der Waals surface area (Å²) in [5, 5.41) is 1.89. The summed E-state index contributed by atoms with van der Waals surface area (Å²) < 4.78 is 5.28. The molecule has 0 amide bonds. The molecule has 0 aliphatic carbocycles. The highest BCUT2D eigenvalue weighted by Crippen LogP contribution is 2.31. The van der Waals surface area contributed by atoms with Gasteiger partial charge in [-0.25, -0.2) is 0 Å². The molecule has 3 heteroatoms. The van der Waals surface area contributed by atoms with Crippen LogP contribution < -0.4 is 4.74 Å². The van der Waals surface area contributed by atoms with Crippen LogP contribution in [0.15, 0.2) is 29.6 Å². The second-order valence-corrected chi connectivity index (χ2v) is 6.72. The number of methoxy groups -OCH3 is 1. The van der Waals surface area contributed by atoms with E-state index >= 15 is 0 Å². The number of ketones is 1. The number of hydrogen-bond acceptors (Lipinski definition) is 3. The topological polar surface area (TPSA) is 26.3 Å². The van der Waals surface area contributed by atoms with Crippen LogP contribution in [0.3, 0.4) is 0 Å². The number of carbonyl (C=O) groups is 1. The van der Waals surface area contributed by atoms with Gasteiger partial charge in [0.15, 0.2) is 0 Å². The molecule has 0 bridgehead atoms. The van der Waals surface area contributed by atoms with E-state index in [4.69, 9.17) is 4.74 Å². The summed E-state index contributed by atoms with van der Waals surface area (Å²) in [7, 11) is 1.60. The molecule has 112 valence electrons. The van der Waals surface area contributed by atoms with E-state index in [9.17, 15) is 4.79 Å². The molecule has 1 aromatic heterocycles. The van der Waals surface area contributed by atoms with Crippen molar-refractivity contribution in [1.29, 1.82) is 0 Å². The van der Waals surface area contributed by atoms with Crippen LogP contribution in [0, 0.1) is 0 Å². The van der Waals surface area contributed by atoms with Gasteiger partial charge < -0.3 is 4.74 Å². The fourth-order valence-electron chi connectivity index (χ4n) is 2.37. The normalized spacial score (nSPS) is 11.2. The van der Waals surface area contributed by atoms with Crippen molar-refractivity contribution in [3.63, 3.8) is 0 Å². The van der Waals surface area contributed by atoms with Crippen molar-refractivity contribution in [2.45, 2.75) is 39.5 Å². The largest absolute Gasteiger partial charge is 0.495 e. The molecule has 2 rings (SSSR count). The van der Waals surface area contributed by atoms with Crippen molar-refractivity contribution in [3.05, 3.63) is 51.2 Å². The molecule has 0 fully saturated rings. The van der Waals surface area contributed by atoms with Crippen LogP contribution in [-0.2, 0) is 0 Å². The SMILES string of the molecule is COc1ccsc1C(=O)c1ccc(C(C)C)cc1C(C)C. The second-order valence-electron chi connectivity index (χ2n) is 5.80. The van der Waals surface area contributed by atoms with Gasteiger partial charge in [0.05, 0.1) is 7.11 Å². The van der Waals surface area contributed by atoms with E-state index in [2.05, 4.69) is 39.8 Å². The van der Waals surface area contributed by atoms with Gasteiger partial charge in [-0.1, -0.05) is 45.9 Å². The lowest BCUT2D eigenvalue weighted by Crippen LogP contribution is -2.07. The smallest absolute Gasteiger partial charge is 0.207 e. The Morgan fingerprint density at radius 2 is 1.81 bits per heavy atom. The van der Waals surface area contributed by atoms with Crippen molar-refractivity contribution < 1.29 is 9.53 Å². The zero-order valence-corrected chi connectivity index (χ0v) is 14.1. The maximum atomic E-state index is 12.8. The van der Waals surface area contributed by atoms with Crippen LogP contribution in [-0.4, -0.2) is 12.9 Å². The molecule has 21 heavy (non-hydrogen) atoms. The van der Waals surface area contributed by atoms with E-state index < -0.39 is 0 Å². The molecule has 0 radical (unpaired) electrons. The molecular formula is C18H22O2S. The fraction of sp³-hybridized carbons (Fsp3) is 0.389. The van der Waals surface area contributed by atoms with E-state index in [0.29, 0.717) is 22.5 Å². The molecule has 0 saturated heterocycles. The lowest BCUT2D eigenvalue weighted by Gasteiger charge is -2.15. The predicted molar refractivity (Wildman–Crippen MR) is 88.9 cm³/mol. The lowest BCUT2D eigenvalue weighted by atomic mass is 9.89. The van der Waals surface area contributed by atoms with Gasteiger partial charge in [0.2, 0.25) is 5.78 Å². The third-order valence-corrected chi connectivity index (χ3v) is 4.56. The van der Waals surface area contributed by atoms with Crippen molar-refractivity contribution in [3.8, 4) is 5.75 Å². The Bertz CT molecular complexity index is 638. The Morgan fingerprint density at radius 1 is 1.10 bits per heavy atom. The Hall–Kier alpha value is -1.61. The van der Waals surface area contributed by atoms with Crippen LogP contribution in [0.2, 0.25) is 0 Å². The van der Waals surface area contributed by atoms with E-state index in [-0.39, 0.29) is 5.78 Å². The third kappa shape index (κ3) is 3.18. The minimum atomic E-state index is 0.0563. The Kier molecular flexibility index (Phi) is 4.84. The minimum absolute atomic E-state index is 0.0563. The molecule has 0 unspecified atom stereocenters. The number of rotatable bonds is 5. The highest BCUT2D eigenvalue weighted by Gasteiger charge is 2.20. The monoisotopic (exact) mass is 302 g/mol. The van der Waals surface area contributed by atoms with Gasteiger partial charge in [0.1, 0.15) is 10.6 Å². The molecule has 2 nitrogen and oxygen atoms in total. The van der Waals surface area contributed by atoms with Crippen LogP contribution in [0.25, 0.3) is 0 Å². The highest BCUT2D eigenvalue weighted by molar-refractivity contribution is 7.12. The number of hydrogen-bond donors (Lipinski definition) is 0. The van der Waals surface area contributed by atoms with Crippen LogP contribution in [0.4, 0.5) is 0 Å². The average Bonchev–Trinajstić information content (AvgIpc) is 2.94. The first-order valence-corrected chi connectivity index (χ1v) is 8.13. The summed E-state index contributed by atoms with van der Waals surface area (Å²) in [6.45, 7) is 8.59. The summed E-state index contributed by atoms with van der Waals surface area (Å²) in [6, 6.07) is 8.04. The van der Waals surface area contributed by atoms with Gasteiger partial charge in [-0.15, -0.1) is 11.3 Å². The molecule has 1 aromatic carbocycles. The zero-order valence-electron chi connectivity index (χ0n) is 13.3. The Morgan fingerprint density at radius 3 is 2.38 bits per heavy atom. The Balaban J connectivity index is 2.50. The quantitative estimate of drug-likeness (QED) is 0.706. The molecule has 0 aliphatic rings. The Labute approximate surface area is 130 Å². The summed E-state index contributed by atoms with van der Waals surface area (Å²) in [4.78, 5) is 13.5. The third-order valence-electron chi connectivity index (χ3n) is 3.66. The number of benzene rings is 1. The molecule has 0 spiro atoms. The molecule has 0 aliphatic heterocycles. The standard InChI is InChI=1S/C18H22O2S/c1-11(2)13-6-7-14(15(10-13)12(3)4)17(19)18-16(20-5)8-9-21-18/h6-12H,1-5H3. The summed E-state index contributed by atoms with van der Waals surface area (Å²) in [5.74, 6) is 1.49. The van der Waals surface area contributed by atoms with Crippen molar-refractivity contribution in [2.75, 3.05) is 7.11 Å². The van der Waals surface area contributed by atoms with Crippen molar-refractivity contribution in [1.82, 2.24) is 0 Å². The molecule has 0 saturated carbocycles. The van der Waals surface area contributed by atoms with Gasteiger partial charge in [-0.05, 0) is 34.4 Å². The van der Waals surface area contributed by atoms with Gasteiger partial charge in [-0.2, -0.15) is 0 Å². The lowest BCUT2D eigenvalue weighted by molar-refractivity contribution is 0.103. The highest BCUT2D eigenvalue weighted by atomic mass is 32.1.